The van der Waals surface area contributed by atoms with Crippen molar-refractivity contribution in [3.05, 3.63) is 53.7 Å². The third-order valence-electron chi connectivity index (χ3n) is 2.91. The first-order valence-electron chi connectivity index (χ1n) is 7.03. The SMILES string of the molecule is Cc1cnc(COC(=O)CN(C)C(=O)OCc2ccccc2)o1. The summed E-state index contributed by atoms with van der Waals surface area (Å²) in [5.74, 6) is 0.378. The molecule has 1 amide bonds. The quantitative estimate of drug-likeness (QED) is 0.760. The largest absolute Gasteiger partial charge is 0.454 e. The highest BCUT2D eigenvalue weighted by atomic mass is 16.6. The lowest BCUT2D eigenvalue weighted by atomic mass is 10.2. The van der Waals surface area contributed by atoms with E-state index in [9.17, 15) is 9.59 Å². The molecule has 122 valence electrons. The van der Waals surface area contributed by atoms with E-state index >= 15 is 0 Å². The molecule has 0 aliphatic rings. The first-order valence-corrected chi connectivity index (χ1v) is 7.03. The monoisotopic (exact) mass is 318 g/mol. The Labute approximate surface area is 133 Å². The molecule has 0 aliphatic heterocycles. The molecule has 0 fully saturated rings. The molecule has 1 aromatic carbocycles. The van der Waals surface area contributed by atoms with Crippen LogP contribution < -0.4 is 0 Å². The van der Waals surface area contributed by atoms with Gasteiger partial charge in [-0.25, -0.2) is 9.78 Å². The van der Waals surface area contributed by atoms with Crippen molar-refractivity contribution in [2.24, 2.45) is 0 Å². The highest BCUT2D eigenvalue weighted by Crippen LogP contribution is 2.05. The number of ether oxygens (including phenoxy) is 2. The van der Waals surface area contributed by atoms with E-state index < -0.39 is 12.1 Å². The smallest absolute Gasteiger partial charge is 0.410 e. The number of aryl methyl sites for hydroxylation is 1. The second-order valence-corrected chi connectivity index (χ2v) is 4.92. The Morgan fingerprint density at radius 1 is 1.17 bits per heavy atom. The topological polar surface area (TPSA) is 81.9 Å². The molecule has 0 unspecified atom stereocenters. The van der Waals surface area contributed by atoms with Gasteiger partial charge in [0.05, 0.1) is 6.20 Å². The minimum absolute atomic E-state index is 0.0699. The maximum Gasteiger partial charge on any atom is 0.410 e. The Balaban J connectivity index is 1.71. The molecule has 7 nitrogen and oxygen atoms in total. The molecule has 0 spiro atoms. The second-order valence-electron chi connectivity index (χ2n) is 4.92. The molecule has 0 bridgehead atoms. The van der Waals surface area contributed by atoms with Gasteiger partial charge >= 0.3 is 12.1 Å². The van der Waals surface area contributed by atoms with Gasteiger partial charge in [0.1, 0.15) is 18.9 Å². The van der Waals surface area contributed by atoms with Gasteiger partial charge in [0.25, 0.3) is 0 Å². The summed E-state index contributed by atoms with van der Waals surface area (Å²) in [6.45, 7) is 1.61. The minimum atomic E-state index is -0.599. The van der Waals surface area contributed by atoms with Crippen molar-refractivity contribution in [2.75, 3.05) is 13.6 Å². The fourth-order valence-corrected chi connectivity index (χ4v) is 1.74. The average molecular weight is 318 g/mol. The van der Waals surface area contributed by atoms with Crippen LogP contribution in [0.3, 0.4) is 0 Å². The van der Waals surface area contributed by atoms with Gasteiger partial charge in [-0.05, 0) is 12.5 Å². The fraction of sp³-hybridized carbons (Fsp3) is 0.312. The third kappa shape index (κ3) is 5.46. The van der Waals surface area contributed by atoms with Crippen LogP contribution in [0.15, 0.2) is 40.9 Å². The number of nitrogens with zero attached hydrogens (tertiary/aromatic N) is 2. The van der Waals surface area contributed by atoms with Crippen molar-refractivity contribution in [2.45, 2.75) is 20.1 Å². The molecule has 1 aromatic heterocycles. The number of rotatable bonds is 6. The predicted octanol–water partition coefficient (Wildman–Crippen LogP) is 2.29. The van der Waals surface area contributed by atoms with Crippen LogP contribution in [0, 0.1) is 6.92 Å². The maximum absolute atomic E-state index is 11.8. The van der Waals surface area contributed by atoms with E-state index in [4.69, 9.17) is 13.9 Å². The van der Waals surface area contributed by atoms with Crippen molar-refractivity contribution in [1.82, 2.24) is 9.88 Å². The summed E-state index contributed by atoms with van der Waals surface area (Å²) >= 11 is 0. The maximum atomic E-state index is 11.8. The molecule has 1 heterocycles. The highest BCUT2D eigenvalue weighted by molar-refractivity contribution is 5.77. The standard InChI is InChI=1S/C16H18N2O5/c1-12-8-17-14(23-12)11-21-15(19)9-18(2)16(20)22-10-13-6-4-3-5-7-13/h3-8H,9-11H2,1-2H3. The molecule has 0 atom stereocenters. The van der Waals surface area contributed by atoms with Gasteiger partial charge < -0.3 is 18.8 Å². The van der Waals surface area contributed by atoms with E-state index in [1.54, 1.807) is 6.92 Å². The summed E-state index contributed by atoms with van der Waals surface area (Å²) < 4.78 is 15.3. The molecular formula is C16H18N2O5. The van der Waals surface area contributed by atoms with Crippen LogP contribution in [0.5, 0.6) is 0 Å². The number of benzene rings is 1. The Morgan fingerprint density at radius 2 is 1.91 bits per heavy atom. The van der Waals surface area contributed by atoms with Gasteiger partial charge in [0.15, 0.2) is 6.61 Å². The molecule has 2 rings (SSSR count). The van der Waals surface area contributed by atoms with Crippen LogP contribution in [0.1, 0.15) is 17.2 Å². The lowest BCUT2D eigenvalue weighted by Gasteiger charge is -2.15. The Kier molecular flexibility index (Phi) is 5.74. The Morgan fingerprint density at radius 3 is 2.57 bits per heavy atom. The Hall–Kier alpha value is -2.83. The summed E-state index contributed by atoms with van der Waals surface area (Å²) in [4.78, 5) is 28.5. The van der Waals surface area contributed by atoms with Crippen LogP contribution >= 0.6 is 0 Å². The number of hydrogen-bond donors (Lipinski definition) is 0. The number of aromatic nitrogens is 1. The van der Waals surface area contributed by atoms with E-state index in [1.807, 2.05) is 30.3 Å². The number of carbonyl (C=O) groups is 2. The van der Waals surface area contributed by atoms with Gasteiger partial charge in [-0.1, -0.05) is 30.3 Å². The van der Waals surface area contributed by atoms with Crippen LogP contribution in [0.4, 0.5) is 4.79 Å². The van der Waals surface area contributed by atoms with Gasteiger partial charge in [-0.2, -0.15) is 0 Å². The number of hydrogen-bond acceptors (Lipinski definition) is 6. The van der Waals surface area contributed by atoms with E-state index in [0.29, 0.717) is 11.7 Å². The molecule has 0 saturated heterocycles. The summed E-state index contributed by atoms with van der Waals surface area (Å²) in [5, 5.41) is 0. The minimum Gasteiger partial charge on any atom is -0.454 e. The molecule has 7 heteroatoms. The first kappa shape index (κ1) is 16.5. The molecular weight excluding hydrogens is 300 g/mol. The zero-order valence-electron chi connectivity index (χ0n) is 13.0. The van der Waals surface area contributed by atoms with E-state index in [-0.39, 0.29) is 19.8 Å². The number of likely N-dealkylation sites (N-methyl/N-ethyl adjacent to an activating group) is 1. The molecule has 2 aromatic rings. The zero-order valence-corrected chi connectivity index (χ0v) is 13.0. The number of esters is 1. The van der Waals surface area contributed by atoms with Gasteiger partial charge in [-0.15, -0.1) is 0 Å². The predicted molar refractivity (Wildman–Crippen MR) is 80.3 cm³/mol. The summed E-state index contributed by atoms with van der Waals surface area (Å²) in [6.07, 6.45) is 0.939. The lowest BCUT2D eigenvalue weighted by molar-refractivity contribution is -0.146. The van der Waals surface area contributed by atoms with Gasteiger partial charge in [-0.3, -0.25) is 4.79 Å². The van der Waals surface area contributed by atoms with E-state index in [0.717, 1.165) is 10.5 Å². The molecule has 0 radical (unpaired) electrons. The zero-order chi connectivity index (χ0) is 16.7. The van der Waals surface area contributed by atoms with Crippen molar-refractivity contribution in [3.8, 4) is 0 Å². The molecule has 0 aliphatic carbocycles. The lowest BCUT2D eigenvalue weighted by Crippen LogP contribution is -2.33. The average Bonchev–Trinajstić information content (AvgIpc) is 2.97. The number of oxazole rings is 1. The first-order chi connectivity index (χ1) is 11.0. The van der Waals surface area contributed by atoms with E-state index in [1.165, 1.54) is 13.2 Å². The van der Waals surface area contributed by atoms with Crippen molar-refractivity contribution < 1.29 is 23.5 Å². The van der Waals surface area contributed by atoms with Crippen LogP contribution in [0.2, 0.25) is 0 Å². The van der Waals surface area contributed by atoms with Crippen LogP contribution in [-0.4, -0.2) is 35.5 Å². The third-order valence-corrected chi connectivity index (χ3v) is 2.91. The molecule has 23 heavy (non-hydrogen) atoms. The van der Waals surface area contributed by atoms with Gasteiger partial charge in [0.2, 0.25) is 5.89 Å². The summed E-state index contributed by atoms with van der Waals surface area (Å²) in [6, 6.07) is 9.28. The van der Waals surface area contributed by atoms with Gasteiger partial charge in [0, 0.05) is 7.05 Å². The molecule has 0 saturated carbocycles. The van der Waals surface area contributed by atoms with Crippen LogP contribution in [-0.2, 0) is 27.5 Å². The van der Waals surface area contributed by atoms with Crippen LogP contribution in [0.25, 0.3) is 0 Å². The van der Waals surface area contributed by atoms with E-state index in [2.05, 4.69) is 4.98 Å². The number of carbonyl (C=O) groups excluding carboxylic acids is 2. The highest BCUT2D eigenvalue weighted by Gasteiger charge is 2.16. The second kappa shape index (κ2) is 7.98. The Bertz CT molecular complexity index is 654. The summed E-state index contributed by atoms with van der Waals surface area (Å²) in [5.41, 5.74) is 0.871. The summed E-state index contributed by atoms with van der Waals surface area (Å²) in [7, 11) is 1.46. The number of amides is 1. The molecule has 0 N–H and O–H groups in total. The van der Waals surface area contributed by atoms with Crippen molar-refractivity contribution in [1.29, 1.82) is 0 Å². The van der Waals surface area contributed by atoms with Crippen molar-refractivity contribution >= 4 is 12.1 Å². The fourth-order valence-electron chi connectivity index (χ4n) is 1.74. The normalized spacial score (nSPS) is 10.2. The van der Waals surface area contributed by atoms with Crippen molar-refractivity contribution in [3.63, 3.8) is 0 Å².